The molecular formula is C11H14BrNO3. The molecule has 0 aliphatic carbocycles. The fourth-order valence-electron chi connectivity index (χ4n) is 1.20. The van der Waals surface area contributed by atoms with E-state index in [2.05, 4.69) is 15.9 Å². The number of para-hydroxylation sites is 1. The number of hydrogen-bond acceptors (Lipinski definition) is 3. The maximum atomic E-state index is 12.0. The number of phenols is 2. The van der Waals surface area contributed by atoms with E-state index in [1.807, 2.05) is 6.92 Å². The molecule has 16 heavy (non-hydrogen) atoms. The Labute approximate surface area is 103 Å². The maximum absolute atomic E-state index is 12.0. The van der Waals surface area contributed by atoms with Crippen molar-refractivity contribution in [1.29, 1.82) is 0 Å². The summed E-state index contributed by atoms with van der Waals surface area (Å²) < 4.78 is 0. The second-order valence-electron chi connectivity index (χ2n) is 3.59. The van der Waals surface area contributed by atoms with Gasteiger partial charge in [-0.15, -0.1) is 0 Å². The second-order valence-corrected chi connectivity index (χ2v) is 4.24. The highest BCUT2D eigenvalue weighted by atomic mass is 79.9. The zero-order valence-electron chi connectivity index (χ0n) is 9.14. The van der Waals surface area contributed by atoms with Gasteiger partial charge in [-0.3, -0.25) is 4.79 Å². The molecule has 0 fully saturated rings. The van der Waals surface area contributed by atoms with Crippen molar-refractivity contribution in [3.63, 3.8) is 0 Å². The van der Waals surface area contributed by atoms with Gasteiger partial charge in [-0.1, -0.05) is 22.0 Å². The van der Waals surface area contributed by atoms with Gasteiger partial charge in [-0.25, -0.2) is 0 Å². The summed E-state index contributed by atoms with van der Waals surface area (Å²) in [6.45, 7) is 1.88. The van der Waals surface area contributed by atoms with Crippen LogP contribution < -0.4 is 0 Å². The summed E-state index contributed by atoms with van der Waals surface area (Å²) in [7, 11) is 1.65. The van der Waals surface area contributed by atoms with E-state index in [0.717, 1.165) is 0 Å². The number of carbonyl (C=O) groups excluding carboxylic acids is 1. The van der Waals surface area contributed by atoms with Gasteiger partial charge in [0.15, 0.2) is 11.5 Å². The first kappa shape index (κ1) is 12.8. The van der Waals surface area contributed by atoms with Crippen LogP contribution in [0.4, 0.5) is 0 Å². The number of hydrogen-bond donors (Lipinski definition) is 2. The van der Waals surface area contributed by atoms with Gasteiger partial charge in [-0.2, -0.15) is 0 Å². The van der Waals surface area contributed by atoms with E-state index in [4.69, 9.17) is 0 Å². The Kier molecular flexibility index (Phi) is 4.18. The number of alkyl halides is 1. The SMILES string of the molecule is CC(CBr)N(C)C(=O)c1cccc(O)c1O. The minimum atomic E-state index is -0.374. The Morgan fingerprint density at radius 3 is 2.69 bits per heavy atom. The third-order valence-corrected chi connectivity index (χ3v) is 3.39. The summed E-state index contributed by atoms with van der Waals surface area (Å²) in [4.78, 5) is 13.5. The predicted octanol–water partition coefficient (Wildman–Crippen LogP) is 1.95. The molecule has 0 heterocycles. The molecule has 0 aliphatic rings. The van der Waals surface area contributed by atoms with Gasteiger partial charge in [0.05, 0.1) is 5.56 Å². The van der Waals surface area contributed by atoms with Crippen LogP contribution in [0.1, 0.15) is 17.3 Å². The Morgan fingerprint density at radius 1 is 1.50 bits per heavy atom. The van der Waals surface area contributed by atoms with Crippen LogP contribution in [0, 0.1) is 0 Å². The van der Waals surface area contributed by atoms with Crippen molar-refractivity contribution < 1.29 is 15.0 Å². The van der Waals surface area contributed by atoms with Crippen LogP contribution in [-0.4, -0.2) is 39.4 Å². The van der Waals surface area contributed by atoms with E-state index >= 15 is 0 Å². The van der Waals surface area contributed by atoms with Crippen LogP contribution in [0.15, 0.2) is 18.2 Å². The predicted molar refractivity (Wildman–Crippen MR) is 65.1 cm³/mol. The molecule has 1 aromatic carbocycles. The fourth-order valence-corrected chi connectivity index (χ4v) is 1.63. The van der Waals surface area contributed by atoms with Crippen molar-refractivity contribution in [2.24, 2.45) is 0 Å². The molecule has 2 N–H and O–H groups in total. The average Bonchev–Trinajstić information content (AvgIpc) is 2.29. The van der Waals surface area contributed by atoms with Crippen LogP contribution in [0.3, 0.4) is 0 Å². The monoisotopic (exact) mass is 287 g/mol. The minimum absolute atomic E-state index is 0.00856. The molecule has 0 spiro atoms. The Bertz CT molecular complexity index is 395. The maximum Gasteiger partial charge on any atom is 0.257 e. The lowest BCUT2D eigenvalue weighted by molar-refractivity contribution is 0.0754. The first-order valence-corrected chi connectivity index (χ1v) is 5.95. The van der Waals surface area contributed by atoms with Crippen LogP contribution in [-0.2, 0) is 0 Å². The number of nitrogens with zero attached hydrogens (tertiary/aromatic N) is 1. The molecule has 88 valence electrons. The quantitative estimate of drug-likeness (QED) is 0.660. The summed E-state index contributed by atoms with van der Waals surface area (Å²) in [5.74, 6) is -0.979. The Morgan fingerprint density at radius 2 is 2.12 bits per heavy atom. The van der Waals surface area contributed by atoms with E-state index in [0.29, 0.717) is 5.33 Å². The zero-order chi connectivity index (χ0) is 12.3. The van der Waals surface area contributed by atoms with E-state index in [1.54, 1.807) is 7.05 Å². The smallest absolute Gasteiger partial charge is 0.257 e. The summed E-state index contributed by atoms with van der Waals surface area (Å²) in [6, 6.07) is 4.35. The highest BCUT2D eigenvalue weighted by Crippen LogP contribution is 2.29. The normalized spacial score (nSPS) is 12.2. The van der Waals surface area contributed by atoms with Gasteiger partial charge >= 0.3 is 0 Å². The number of amides is 1. The number of benzene rings is 1. The van der Waals surface area contributed by atoms with Crippen molar-refractivity contribution in [1.82, 2.24) is 4.90 Å². The summed E-state index contributed by atoms with van der Waals surface area (Å²) in [6.07, 6.45) is 0. The number of aromatic hydroxyl groups is 2. The largest absolute Gasteiger partial charge is 0.504 e. The highest BCUT2D eigenvalue weighted by molar-refractivity contribution is 9.09. The van der Waals surface area contributed by atoms with Crippen molar-refractivity contribution in [3.8, 4) is 11.5 Å². The van der Waals surface area contributed by atoms with Gasteiger partial charge in [0.25, 0.3) is 5.91 Å². The van der Waals surface area contributed by atoms with E-state index in [1.165, 1.54) is 23.1 Å². The minimum Gasteiger partial charge on any atom is -0.504 e. The third kappa shape index (κ3) is 2.47. The lowest BCUT2D eigenvalue weighted by Gasteiger charge is -2.23. The molecule has 1 unspecified atom stereocenters. The molecule has 0 radical (unpaired) electrons. The molecular weight excluding hydrogens is 274 g/mol. The molecule has 0 bridgehead atoms. The summed E-state index contributed by atoms with van der Waals surface area (Å²) >= 11 is 3.28. The van der Waals surface area contributed by atoms with Gasteiger partial charge < -0.3 is 15.1 Å². The highest BCUT2D eigenvalue weighted by Gasteiger charge is 2.20. The van der Waals surface area contributed by atoms with Crippen LogP contribution in [0.5, 0.6) is 11.5 Å². The van der Waals surface area contributed by atoms with Crippen molar-refractivity contribution in [2.45, 2.75) is 13.0 Å². The molecule has 0 saturated heterocycles. The molecule has 0 aliphatic heterocycles. The van der Waals surface area contributed by atoms with E-state index in [9.17, 15) is 15.0 Å². The van der Waals surface area contributed by atoms with Gasteiger partial charge in [0.2, 0.25) is 0 Å². The zero-order valence-corrected chi connectivity index (χ0v) is 10.7. The first-order valence-electron chi connectivity index (χ1n) is 4.83. The number of rotatable bonds is 3. The third-order valence-electron chi connectivity index (χ3n) is 2.45. The summed E-state index contributed by atoms with van der Waals surface area (Å²) in [5.41, 5.74) is 0.107. The average molecular weight is 288 g/mol. The van der Waals surface area contributed by atoms with Gasteiger partial charge in [0.1, 0.15) is 0 Å². The topological polar surface area (TPSA) is 60.8 Å². The first-order chi connectivity index (χ1) is 7.49. The lowest BCUT2D eigenvalue weighted by Crippen LogP contribution is -2.36. The number of halogens is 1. The molecule has 1 aromatic rings. The molecule has 4 nitrogen and oxygen atoms in total. The van der Waals surface area contributed by atoms with Crippen LogP contribution in [0.25, 0.3) is 0 Å². The molecule has 5 heteroatoms. The standard InChI is InChI=1S/C11H14BrNO3/c1-7(6-12)13(2)11(16)8-4-3-5-9(14)10(8)15/h3-5,7,14-15H,6H2,1-2H3. The summed E-state index contributed by atoms with van der Waals surface area (Å²) in [5, 5.41) is 19.5. The molecule has 1 rings (SSSR count). The Balaban J connectivity index is 3.01. The van der Waals surface area contributed by atoms with E-state index in [-0.39, 0.29) is 29.0 Å². The fraction of sp³-hybridized carbons (Fsp3) is 0.364. The van der Waals surface area contributed by atoms with Crippen LogP contribution in [0.2, 0.25) is 0 Å². The van der Waals surface area contributed by atoms with Gasteiger partial charge in [0, 0.05) is 18.4 Å². The van der Waals surface area contributed by atoms with Crippen molar-refractivity contribution in [2.75, 3.05) is 12.4 Å². The number of phenolic OH excluding ortho intramolecular Hbond substituents is 2. The van der Waals surface area contributed by atoms with Crippen LogP contribution >= 0.6 is 15.9 Å². The van der Waals surface area contributed by atoms with E-state index < -0.39 is 0 Å². The molecule has 1 atom stereocenters. The Hall–Kier alpha value is -1.23. The molecule has 0 aromatic heterocycles. The second kappa shape index (κ2) is 5.21. The van der Waals surface area contributed by atoms with Crippen molar-refractivity contribution in [3.05, 3.63) is 23.8 Å². The molecule has 0 saturated carbocycles. The number of carbonyl (C=O) groups is 1. The molecule has 1 amide bonds. The lowest BCUT2D eigenvalue weighted by atomic mass is 10.1. The van der Waals surface area contributed by atoms with Crippen molar-refractivity contribution >= 4 is 21.8 Å². The van der Waals surface area contributed by atoms with Gasteiger partial charge in [-0.05, 0) is 19.1 Å².